The van der Waals surface area contributed by atoms with Crippen molar-refractivity contribution in [2.75, 3.05) is 0 Å². The topological polar surface area (TPSA) is 26.0 Å². The van der Waals surface area contributed by atoms with E-state index >= 15 is 0 Å². The van der Waals surface area contributed by atoms with Gasteiger partial charge >= 0.3 is 0 Å². The molecule has 1 fully saturated rings. The fraction of sp³-hybridized carbons (Fsp3) is 0.500. The summed E-state index contributed by atoms with van der Waals surface area (Å²) in [5.41, 5.74) is 8.96. The van der Waals surface area contributed by atoms with Crippen molar-refractivity contribution >= 4 is 15.9 Å². The summed E-state index contributed by atoms with van der Waals surface area (Å²) in [7, 11) is 0. The molecule has 76 valence electrons. The second kappa shape index (κ2) is 3.35. The third kappa shape index (κ3) is 1.51. The Kier molecular flexibility index (Phi) is 2.44. The SMILES string of the molecule is CCC1CC1(N)c1ccc(Br)cc1C. The van der Waals surface area contributed by atoms with Crippen LogP contribution in [-0.2, 0) is 5.54 Å². The number of rotatable bonds is 2. The van der Waals surface area contributed by atoms with Gasteiger partial charge in [0.25, 0.3) is 0 Å². The Hall–Kier alpha value is -0.340. The standard InChI is InChI=1S/C12H16BrN/c1-3-9-7-12(9,14)11-5-4-10(13)6-8(11)2/h4-6,9H,3,7,14H2,1-2H3. The second-order valence-corrected chi connectivity index (χ2v) is 5.22. The Morgan fingerprint density at radius 2 is 2.29 bits per heavy atom. The zero-order chi connectivity index (χ0) is 10.3. The molecule has 2 unspecified atom stereocenters. The van der Waals surface area contributed by atoms with Gasteiger partial charge in [0.15, 0.2) is 0 Å². The summed E-state index contributed by atoms with van der Waals surface area (Å²) in [6.45, 7) is 4.35. The molecule has 0 saturated heterocycles. The molecular formula is C12H16BrN. The lowest BCUT2D eigenvalue weighted by atomic mass is 9.97. The predicted molar refractivity (Wildman–Crippen MR) is 63.1 cm³/mol. The number of hydrogen-bond acceptors (Lipinski definition) is 1. The van der Waals surface area contributed by atoms with E-state index in [1.54, 1.807) is 0 Å². The van der Waals surface area contributed by atoms with Crippen LogP contribution in [0.2, 0.25) is 0 Å². The van der Waals surface area contributed by atoms with E-state index in [1.165, 1.54) is 17.5 Å². The maximum absolute atomic E-state index is 6.36. The van der Waals surface area contributed by atoms with E-state index in [-0.39, 0.29) is 5.54 Å². The fourth-order valence-electron chi connectivity index (χ4n) is 2.34. The first kappa shape index (κ1) is 10.2. The molecule has 1 nitrogen and oxygen atoms in total. The van der Waals surface area contributed by atoms with Crippen molar-refractivity contribution < 1.29 is 0 Å². The lowest BCUT2D eigenvalue weighted by Gasteiger charge is -2.15. The highest BCUT2D eigenvalue weighted by Crippen LogP contribution is 2.52. The van der Waals surface area contributed by atoms with Crippen LogP contribution in [0.4, 0.5) is 0 Å². The molecule has 1 aliphatic carbocycles. The molecule has 0 spiro atoms. The molecule has 2 heteroatoms. The highest BCUT2D eigenvalue weighted by atomic mass is 79.9. The average Bonchev–Trinajstić information content (AvgIpc) is 2.77. The molecule has 0 radical (unpaired) electrons. The number of hydrogen-bond donors (Lipinski definition) is 1. The number of halogens is 1. The molecule has 0 aliphatic heterocycles. The summed E-state index contributed by atoms with van der Waals surface area (Å²) in [6, 6.07) is 6.39. The highest BCUT2D eigenvalue weighted by molar-refractivity contribution is 9.10. The summed E-state index contributed by atoms with van der Waals surface area (Å²) >= 11 is 3.47. The Morgan fingerprint density at radius 1 is 1.57 bits per heavy atom. The molecule has 1 aromatic rings. The largest absolute Gasteiger partial charge is 0.321 e. The molecule has 0 bridgehead atoms. The molecule has 0 aromatic heterocycles. The Bertz CT molecular complexity index is 361. The zero-order valence-electron chi connectivity index (χ0n) is 8.68. The van der Waals surface area contributed by atoms with Crippen LogP contribution in [0, 0.1) is 12.8 Å². The van der Waals surface area contributed by atoms with Gasteiger partial charge < -0.3 is 5.73 Å². The molecule has 0 amide bonds. The van der Waals surface area contributed by atoms with Gasteiger partial charge in [0.05, 0.1) is 0 Å². The molecule has 1 saturated carbocycles. The van der Waals surface area contributed by atoms with Crippen LogP contribution in [0.1, 0.15) is 30.9 Å². The van der Waals surface area contributed by atoms with Crippen molar-refractivity contribution in [1.82, 2.24) is 0 Å². The van der Waals surface area contributed by atoms with E-state index < -0.39 is 0 Å². The van der Waals surface area contributed by atoms with Gasteiger partial charge in [-0.05, 0) is 42.5 Å². The van der Waals surface area contributed by atoms with Crippen molar-refractivity contribution in [2.24, 2.45) is 11.7 Å². The van der Waals surface area contributed by atoms with E-state index in [2.05, 4.69) is 48.0 Å². The minimum absolute atomic E-state index is 0.0282. The molecule has 0 heterocycles. The van der Waals surface area contributed by atoms with Gasteiger partial charge in [-0.15, -0.1) is 0 Å². The summed E-state index contributed by atoms with van der Waals surface area (Å²) in [4.78, 5) is 0. The number of aryl methyl sites for hydroxylation is 1. The second-order valence-electron chi connectivity index (χ2n) is 4.31. The maximum Gasteiger partial charge on any atom is 0.0445 e. The minimum Gasteiger partial charge on any atom is -0.321 e. The molecule has 1 aliphatic rings. The van der Waals surface area contributed by atoms with Crippen LogP contribution < -0.4 is 5.73 Å². The lowest BCUT2D eigenvalue weighted by molar-refractivity contribution is 0.612. The van der Waals surface area contributed by atoms with E-state index in [0.717, 1.165) is 10.9 Å². The first-order chi connectivity index (χ1) is 6.58. The first-order valence-electron chi connectivity index (χ1n) is 5.13. The summed E-state index contributed by atoms with van der Waals surface area (Å²) in [6.07, 6.45) is 2.33. The molecular weight excluding hydrogens is 238 g/mol. The van der Waals surface area contributed by atoms with Gasteiger partial charge in [-0.2, -0.15) is 0 Å². The van der Waals surface area contributed by atoms with Crippen LogP contribution in [0.15, 0.2) is 22.7 Å². The van der Waals surface area contributed by atoms with Crippen molar-refractivity contribution in [2.45, 2.75) is 32.2 Å². The third-order valence-corrected chi connectivity index (χ3v) is 3.83. The van der Waals surface area contributed by atoms with Gasteiger partial charge in [-0.25, -0.2) is 0 Å². The van der Waals surface area contributed by atoms with Crippen molar-refractivity contribution in [3.05, 3.63) is 33.8 Å². The van der Waals surface area contributed by atoms with Crippen LogP contribution in [0.25, 0.3) is 0 Å². The van der Waals surface area contributed by atoms with Gasteiger partial charge in [0.2, 0.25) is 0 Å². The van der Waals surface area contributed by atoms with Crippen LogP contribution >= 0.6 is 15.9 Å². The van der Waals surface area contributed by atoms with Gasteiger partial charge in [-0.3, -0.25) is 0 Å². The van der Waals surface area contributed by atoms with E-state index in [1.807, 2.05) is 0 Å². The minimum atomic E-state index is -0.0282. The highest BCUT2D eigenvalue weighted by Gasteiger charge is 2.51. The van der Waals surface area contributed by atoms with Gasteiger partial charge in [0, 0.05) is 10.0 Å². The van der Waals surface area contributed by atoms with Crippen LogP contribution in [0.3, 0.4) is 0 Å². The Labute approximate surface area is 93.8 Å². The Balaban J connectivity index is 2.34. The number of nitrogens with two attached hydrogens (primary N) is 1. The maximum atomic E-state index is 6.36. The van der Waals surface area contributed by atoms with Crippen molar-refractivity contribution in [1.29, 1.82) is 0 Å². The third-order valence-electron chi connectivity index (χ3n) is 3.34. The Morgan fingerprint density at radius 3 is 2.79 bits per heavy atom. The molecule has 2 N–H and O–H groups in total. The summed E-state index contributed by atoms with van der Waals surface area (Å²) in [5.74, 6) is 0.683. The number of benzene rings is 1. The van der Waals surface area contributed by atoms with Crippen LogP contribution in [0.5, 0.6) is 0 Å². The fourth-order valence-corrected chi connectivity index (χ4v) is 2.81. The van der Waals surface area contributed by atoms with Crippen molar-refractivity contribution in [3.63, 3.8) is 0 Å². The molecule has 1 aromatic carbocycles. The zero-order valence-corrected chi connectivity index (χ0v) is 10.3. The van der Waals surface area contributed by atoms with E-state index in [4.69, 9.17) is 5.73 Å². The van der Waals surface area contributed by atoms with E-state index in [0.29, 0.717) is 5.92 Å². The summed E-state index contributed by atoms with van der Waals surface area (Å²) in [5, 5.41) is 0. The molecule has 2 atom stereocenters. The van der Waals surface area contributed by atoms with Gasteiger partial charge in [0.1, 0.15) is 0 Å². The van der Waals surface area contributed by atoms with Crippen molar-refractivity contribution in [3.8, 4) is 0 Å². The average molecular weight is 254 g/mol. The van der Waals surface area contributed by atoms with Gasteiger partial charge in [-0.1, -0.05) is 35.3 Å². The summed E-state index contributed by atoms with van der Waals surface area (Å²) < 4.78 is 1.14. The van der Waals surface area contributed by atoms with E-state index in [9.17, 15) is 0 Å². The first-order valence-corrected chi connectivity index (χ1v) is 5.92. The predicted octanol–water partition coefficient (Wildman–Crippen LogP) is 3.34. The smallest absolute Gasteiger partial charge is 0.0445 e. The van der Waals surface area contributed by atoms with Crippen LogP contribution in [-0.4, -0.2) is 0 Å². The molecule has 2 rings (SSSR count). The quantitative estimate of drug-likeness (QED) is 0.860. The molecule has 14 heavy (non-hydrogen) atoms. The monoisotopic (exact) mass is 253 g/mol. The lowest BCUT2D eigenvalue weighted by Crippen LogP contribution is -2.23. The normalized spacial score (nSPS) is 30.4.